The third-order valence-electron chi connectivity index (χ3n) is 2.16. The first kappa shape index (κ1) is 11.0. The molecule has 16 heavy (non-hydrogen) atoms. The summed E-state index contributed by atoms with van der Waals surface area (Å²) in [7, 11) is 1.90. The summed E-state index contributed by atoms with van der Waals surface area (Å²) in [6.45, 7) is 0. The largest absolute Gasteiger partial charge is 0.298 e. The molecular weight excluding hydrogens is 220 g/mol. The Kier molecular flexibility index (Phi) is 3.41. The zero-order valence-corrected chi connectivity index (χ0v) is 9.78. The first-order chi connectivity index (χ1) is 7.78. The summed E-state index contributed by atoms with van der Waals surface area (Å²) in [4.78, 5) is 11.7. The van der Waals surface area contributed by atoms with Crippen LogP contribution in [0.1, 0.15) is 15.9 Å². The predicted octanol–water partition coefficient (Wildman–Crippen LogP) is 2.52. The summed E-state index contributed by atoms with van der Waals surface area (Å²) in [6.07, 6.45) is 4.72. The molecule has 0 aliphatic carbocycles. The Hall–Kier alpha value is -1.55. The lowest BCUT2D eigenvalue weighted by Crippen LogP contribution is -1.84. The fourth-order valence-corrected chi connectivity index (χ4v) is 2.27. The maximum Gasteiger partial charge on any atom is 0.150 e. The first-order valence-corrected chi connectivity index (χ1v) is 5.92. The molecule has 2 rings (SSSR count). The number of aromatic nitrogens is 2. The highest BCUT2D eigenvalue weighted by Gasteiger charge is 1.99. The zero-order valence-electron chi connectivity index (χ0n) is 8.96. The average molecular weight is 232 g/mol. The van der Waals surface area contributed by atoms with Gasteiger partial charge in [-0.1, -0.05) is 12.1 Å². The molecule has 0 aliphatic rings. The molecule has 1 heterocycles. The third-order valence-corrected chi connectivity index (χ3v) is 3.22. The number of aryl methyl sites for hydroxylation is 1. The number of hydrogen-bond donors (Lipinski definition) is 0. The van der Waals surface area contributed by atoms with E-state index < -0.39 is 0 Å². The van der Waals surface area contributed by atoms with E-state index in [1.807, 2.05) is 37.6 Å². The number of rotatable bonds is 4. The van der Waals surface area contributed by atoms with Crippen molar-refractivity contribution in [3.8, 4) is 0 Å². The van der Waals surface area contributed by atoms with E-state index in [-0.39, 0.29) is 0 Å². The summed E-state index contributed by atoms with van der Waals surface area (Å²) in [5.41, 5.74) is 1.90. The van der Waals surface area contributed by atoms with Crippen LogP contribution in [0.15, 0.2) is 41.6 Å². The van der Waals surface area contributed by atoms with E-state index in [1.54, 1.807) is 22.5 Å². The van der Waals surface area contributed by atoms with Crippen LogP contribution in [0.5, 0.6) is 0 Å². The van der Waals surface area contributed by atoms with Gasteiger partial charge in [0.1, 0.15) is 6.29 Å². The second-order valence-electron chi connectivity index (χ2n) is 3.50. The number of hydrogen-bond acceptors (Lipinski definition) is 3. The molecule has 1 aromatic heterocycles. The predicted molar refractivity (Wildman–Crippen MR) is 64.6 cm³/mol. The van der Waals surface area contributed by atoms with Gasteiger partial charge in [-0.15, -0.1) is 11.8 Å². The monoisotopic (exact) mass is 232 g/mol. The minimum atomic E-state index is 0.719. The average Bonchev–Trinajstić information content (AvgIpc) is 2.73. The van der Waals surface area contributed by atoms with Crippen molar-refractivity contribution >= 4 is 18.0 Å². The Balaban J connectivity index is 2.01. The summed E-state index contributed by atoms with van der Waals surface area (Å²) in [6, 6.07) is 7.61. The molecule has 3 nitrogen and oxygen atoms in total. The molecule has 0 saturated carbocycles. The van der Waals surface area contributed by atoms with Gasteiger partial charge in [0.25, 0.3) is 0 Å². The molecule has 0 fully saturated rings. The van der Waals surface area contributed by atoms with Gasteiger partial charge < -0.3 is 0 Å². The molecule has 1 aromatic carbocycles. The molecule has 0 saturated heterocycles. The van der Waals surface area contributed by atoms with Crippen LogP contribution in [0, 0.1) is 0 Å². The molecule has 2 aromatic rings. The van der Waals surface area contributed by atoms with Crippen molar-refractivity contribution in [2.45, 2.75) is 10.6 Å². The molecule has 0 amide bonds. The van der Waals surface area contributed by atoms with Gasteiger partial charge in [-0.3, -0.25) is 9.48 Å². The van der Waals surface area contributed by atoms with E-state index in [0.717, 1.165) is 22.5 Å². The van der Waals surface area contributed by atoms with Crippen LogP contribution in [0.25, 0.3) is 0 Å². The van der Waals surface area contributed by atoms with Crippen molar-refractivity contribution in [1.82, 2.24) is 9.78 Å². The van der Waals surface area contributed by atoms with Gasteiger partial charge in [-0.2, -0.15) is 5.10 Å². The number of carbonyl (C=O) groups excluding carboxylic acids is 1. The van der Waals surface area contributed by atoms with E-state index in [0.29, 0.717) is 0 Å². The molecule has 82 valence electrons. The Labute approximate surface area is 98.5 Å². The molecule has 0 radical (unpaired) electrons. The lowest BCUT2D eigenvalue weighted by atomic mass is 10.2. The molecule has 4 heteroatoms. The molecule has 0 bridgehead atoms. The van der Waals surface area contributed by atoms with Crippen molar-refractivity contribution in [3.63, 3.8) is 0 Å². The lowest BCUT2D eigenvalue weighted by molar-refractivity contribution is 0.112. The number of nitrogens with zero attached hydrogens (tertiary/aromatic N) is 2. The van der Waals surface area contributed by atoms with Crippen LogP contribution >= 0.6 is 11.8 Å². The zero-order chi connectivity index (χ0) is 11.4. The highest BCUT2D eigenvalue weighted by Crippen LogP contribution is 2.22. The van der Waals surface area contributed by atoms with Crippen molar-refractivity contribution in [1.29, 1.82) is 0 Å². The van der Waals surface area contributed by atoms with Crippen LogP contribution < -0.4 is 0 Å². The van der Waals surface area contributed by atoms with Gasteiger partial charge in [0.15, 0.2) is 0 Å². The Morgan fingerprint density at radius 3 is 3.06 bits per heavy atom. The van der Waals surface area contributed by atoms with E-state index in [9.17, 15) is 4.79 Å². The van der Waals surface area contributed by atoms with Crippen molar-refractivity contribution < 1.29 is 4.79 Å². The molecule has 0 unspecified atom stereocenters. The highest BCUT2D eigenvalue weighted by atomic mass is 32.2. The summed E-state index contributed by atoms with van der Waals surface area (Å²) in [5.74, 6) is 0.871. The fraction of sp³-hybridized carbons (Fsp3) is 0.167. The summed E-state index contributed by atoms with van der Waals surface area (Å²) >= 11 is 1.70. The standard InChI is InChI=1S/C12H12N2OS/c1-14-7-11(6-13-14)9-16-12-4-2-3-10(5-12)8-15/h2-8H,9H2,1H3. The smallest absolute Gasteiger partial charge is 0.150 e. The minimum Gasteiger partial charge on any atom is -0.298 e. The van der Waals surface area contributed by atoms with E-state index in [4.69, 9.17) is 0 Å². The normalized spacial score (nSPS) is 10.3. The van der Waals surface area contributed by atoms with Crippen LogP contribution in [0.2, 0.25) is 0 Å². The van der Waals surface area contributed by atoms with Gasteiger partial charge in [0.05, 0.1) is 6.20 Å². The van der Waals surface area contributed by atoms with E-state index in [2.05, 4.69) is 5.10 Å². The molecule has 0 aliphatic heterocycles. The quantitative estimate of drug-likeness (QED) is 0.600. The van der Waals surface area contributed by atoms with Gasteiger partial charge in [0, 0.05) is 35.0 Å². The summed E-state index contributed by atoms with van der Waals surface area (Å²) < 4.78 is 1.79. The highest BCUT2D eigenvalue weighted by molar-refractivity contribution is 7.98. The first-order valence-electron chi connectivity index (χ1n) is 4.93. The maximum absolute atomic E-state index is 10.6. The van der Waals surface area contributed by atoms with Crippen LogP contribution in [0.3, 0.4) is 0 Å². The fourth-order valence-electron chi connectivity index (χ4n) is 1.39. The van der Waals surface area contributed by atoms with E-state index in [1.165, 1.54) is 5.56 Å². The Morgan fingerprint density at radius 2 is 2.38 bits per heavy atom. The van der Waals surface area contributed by atoms with Gasteiger partial charge in [0.2, 0.25) is 0 Å². The molecule has 0 atom stereocenters. The molecule has 0 N–H and O–H groups in total. The Morgan fingerprint density at radius 1 is 1.50 bits per heavy atom. The van der Waals surface area contributed by atoms with Gasteiger partial charge in [-0.05, 0) is 12.1 Å². The SMILES string of the molecule is Cn1cc(CSc2cccc(C=O)c2)cn1. The van der Waals surface area contributed by atoms with Gasteiger partial charge in [-0.25, -0.2) is 0 Å². The number of thioether (sulfide) groups is 1. The second kappa shape index (κ2) is 4.99. The third kappa shape index (κ3) is 2.73. The Bertz CT molecular complexity index is 493. The topological polar surface area (TPSA) is 34.9 Å². The number of aldehydes is 1. The number of benzene rings is 1. The lowest BCUT2D eigenvalue weighted by Gasteiger charge is -2.00. The maximum atomic E-state index is 10.6. The summed E-state index contributed by atoms with van der Waals surface area (Å²) in [5, 5.41) is 4.11. The second-order valence-corrected chi connectivity index (χ2v) is 4.55. The molecule has 0 spiro atoms. The van der Waals surface area contributed by atoms with Crippen LogP contribution in [-0.4, -0.2) is 16.1 Å². The van der Waals surface area contributed by atoms with Crippen LogP contribution in [0.4, 0.5) is 0 Å². The van der Waals surface area contributed by atoms with E-state index >= 15 is 0 Å². The number of carbonyl (C=O) groups is 1. The van der Waals surface area contributed by atoms with Crippen molar-refractivity contribution in [2.24, 2.45) is 7.05 Å². The van der Waals surface area contributed by atoms with Gasteiger partial charge >= 0.3 is 0 Å². The molecular formula is C12H12N2OS. The van der Waals surface area contributed by atoms with Crippen molar-refractivity contribution in [3.05, 3.63) is 47.8 Å². The minimum absolute atomic E-state index is 0.719. The van der Waals surface area contributed by atoms with Crippen LogP contribution in [-0.2, 0) is 12.8 Å². The van der Waals surface area contributed by atoms with Crippen molar-refractivity contribution in [2.75, 3.05) is 0 Å².